The van der Waals surface area contributed by atoms with E-state index in [0.29, 0.717) is 24.9 Å². The van der Waals surface area contributed by atoms with E-state index < -0.39 is 28.3 Å². The molecular weight excluding hydrogens is 408 g/mol. The second kappa shape index (κ2) is 9.72. The number of nitrogens with zero attached hydrogens (tertiary/aromatic N) is 1. The maximum Gasteiger partial charge on any atom is 0.329 e. The number of nitrogens with one attached hydrogen (secondary N) is 1. The third kappa shape index (κ3) is 6.13. The van der Waals surface area contributed by atoms with Gasteiger partial charge in [-0.1, -0.05) is 45.1 Å². The molecule has 0 spiro atoms. The number of imide groups is 1. The molecular formula is C21H30N2O6S. The molecule has 3 amide bonds. The number of rotatable bonds is 9. The van der Waals surface area contributed by atoms with Gasteiger partial charge < -0.3 is 5.11 Å². The number of hydrogen-bond donors (Lipinski definition) is 2. The van der Waals surface area contributed by atoms with Gasteiger partial charge in [0.2, 0.25) is 0 Å². The van der Waals surface area contributed by atoms with Gasteiger partial charge in [0.15, 0.2) is 0 Å². The quantitative estimate of drug-likeness (QED) is 0.265. The lowest BCUT2D eigenvalue weighted by molar-refractivity contribution is -0.119. The van der Waals surface area contributed by atoms with Crippen LogP contribution in [-0.2, 0) is 19.1 Å². The summed E-state index contributed by atoms with van der Waals surface area (Å²) in [5.74, 6) is -0.458. The summed E-state index contributed by atoms with van der Waals surface area (Å²) in [7, 11) is -2.34. The predicted molar refractivity (Wildman–Crippen MR) is 114 cm³/mol. The molecule has 1 aliphatic heterocycles. The Morgan fingerprint density at radius 1 is 1.20 bits per heavy atom. The number of aliphatic hydroxyl groups is 1. The van der Waals surface area contributed by atoms with Gasteiger partial charge in [0.25, 0.3) is 16.0 Å². The van der Waals surface area contributed by atoms with Crippen molar-refractivity contribution in [1.29, 1.82) is 0 Å². The van der Waals surface area contributed by atoms with Crippen molar-refractivity contribution in [2.24, 2.45) is 5.41 Å². The fourth-order valence-corrected chi connectivity index (χ4v) is 3.83. The van der Waals surface area contributed by atoms with E-state index in [1.165, 1.54) is 4.90 Å². The highest BCUT2D eigenvalue weighted by atomic mass is 32.2. The van der Waals surface area contributed by atoms with Gasteiger partial charge in [0.1, 0.15) is 6.04 Å². The van der Waals surface area contributed by atoms with Gasteiger partial charge in [-0.05, 0) is 42.4 Å². The Bertz CT molecular complexity index is 887. The molecule has 2 unspecified atom stereocenters. The Kier molecular flexibility index (Phi) is 7.79. The van der Waals surface area contributed by atoms with Gasteiger partial charge >= 0.3 is 6.03 Å². The highest BCUT2D eigenvalue weighted by Gasteiger charge is 2.38. The minimum atomic E-state index is -3.47. The molecule has 1 heterocycles. The average Bonchev–Trinajstić information content (AvgIpc) is 2.96. The number of aliphatic hydroxyl groups excluding tert-OH is 1. The topological polar surface area (TPSA) is 113 Å². The number of amides is 3. The molecule has 0 aliphatic carbocycles. The molecule has 1 aliphatic rings. The van der Waals surface area contributed by atoms with Crippen LogP contribution >= 0.6 is 0 Å². The number of anilines is 1. The normalized spacial score (nSPS) is 18.8. The third-order valence-electron chi connectivity index (χ3n) is 4.92. The van der Waals surface area contributed by atoms with Crippen LogP contribution in [0.5, 0.6) is 0 Å². The maximum absolute atomic E-state index is 12.3. The summed E-state index contributed by atoms with van der Waals surface area (Å²) in [6.45, 7) is 5.81. The third-order valence-corrected chi connectivity index (χ3v) is 6.21. The molecule has 2 rings (SSSR count). The molecule has 0 radical (unpaired) electrons. The highest BCUT2D eigenvalue weighted by molar-refractivity contribution is 7.86. The van der Waals surface area contributed by atoms with Crippen LogP contribution in [0.3, 0.4) is 0 Å². The number of urea groups is 1. The summed E-state index contributed by atoms with van der Waals surface area (Å²) < 4.78 is 27.0. The summed E-state index contributed by atoms with van der Waals surface area (Å²) in [4.78, 5) is 25.9. The first-order chi connectivity index (χ1) is 14.0. The van der Waals surface area contributed by atoms with E-state index in [-0.39, 0.29) is 17.1 Å². The molecule has 2 atom stereocenters. The molecule has 2 N–H and O–H groups in total. The Labute approximate surface area is 178 Å². The lowest BCUT2D eigenvalue weighted by atomic mass is 9.85. The molecule has 1 saturated heterocycles. The van der Waals surface area contributed by atoms with E-state index >= 15 is 0 Å². The van der Waals surface area contributed by atoms with Crippen LogP contribution in [0.4, 0.5) is 10.5 Å². The first kappa shape index (κ1) is 24.0. The van der Waals surface area contributed by atoms with Gasteiger partial charge in [-0.2, -0.15) is 8.42 Å². The van der Waals surface area contributed by atoms with Crippen molar-refractivity contribution >= 4 is 27.7 Å². The van der Waals surface area contributed by atoms with Gasteiger partial charge in [0, 0.05) is 5.69 Å². The molecule has 30 heavy (non-hydrogen) atoms. The largest absolute Gasteiger partial charge is 0.388 e. The summed E-state index contributed by atoms with van der Waals surface area (Å²) >= 11 is 0. The summed E-state index contributed by atoms with van der Waals surface area (Å²) in [5.41, 5.74) is 0.978. The van der Waals surface area contributed by atoms with Crippen LogP contribution in [0, 0.1) is 5.41 Å². The summed E-state index contributed by atoms with van der Waals surface area (Å²) in [6.07, 6.45) is 4.14. The van der Waals surface area contributed by atoms with E-state index in [2.05, 4.69) is 9.50 Å². The second-order valence-corrected chi connectivity index (χ2v) is 10.2. The lowest BCUT2D eigenvalue weighted by Gasteiger charge is -2.27. The Hall–Kier alpha value is -2.23. The van der Waals surface area contributed by atoms with Crippen molar-refractivity contribution < 1.29 is 27.3 Å². The Balaban J connectivity index is 2.03. The van der Waals surface area contributed by atoms with E-state index in [9.17, 15) is 23.1 Å². The molecule has 1 aromatic carbocycles. The number of benzene rings is 1. The summed E-state index contributed by atoms with van der Waals surface area (Å²) in [5, 5.41) is 12.7. The number of hydrogen-bond acceptors (Lipinski definition) is 6. The van der Waals surface area contributed by atoms with Crippen molar-refractivity contribution in [2.75, 3.05) is 17.8 Å². The van der Waals surface area contributed by atoms with Gasteiger partial charge in [-0.25, -0.2) is 4.79 Å². The number of unbranched alkanes of at least 4 members (excludes halogenated alkanes) is 1. The van der Waals surface area contributed by atoms with Crippen LogP contribution in [-0.4, -0.2) is 44.4 Å². The second-order valence-electron chi connectivity index (χ2n) is 8.32. The lowest BCUT2D eigenvalue weighted by Crippen LogP contribution is -2.34. The fourth-order valence-electron chi connectivity index (χ4n) is 3.14. The maximum atomic E-state index is 12.3. The Morgan fingerprint density at radius 2 is 1.83 bits per heavy atom. The van der Waals surface area contributed by atoms with E-state index in [1.807, 2.05) is 20.8 Å². The first-order valence-corrected chi connectivity index (χ1v) is 11.4. The molecule has 0 bridgehead atoms. The summed E-state index contributed by atoms with van der Waals surface area (Å²) in [6, 6.07) is 5.77. The smallest absolute Gasteiger partial charge is 0.329 e. The zero-order valence-corrected chi connectivity index (χ0v) is 18.6. The molecule has 1 fully saturated rings. The van der Waals surface area contributed by atoms with Gasteiger partial charge in [-0.15, -0.1) is 0 Å². The standard InChI is InChI=1S/C21H30N2O6S/c1-21(2,3)18(24)15-10-12-16(13-11-15)23-17(19(25)22-20(23)26)9-7-5-6-8-14-30(27,28)29-4/h5,7,10-13,17-18,24H,6,8-9,14H2,1-4H3,(H,22,25,26)/b7-5-. The SMILES string of the molecule is COS(=O)(=O)CCC/C=C\CC1C(=O)NC(=O)N1c1ccc(C(O)C(C)(C)C)cc1. The zero-order valence-electron chi connectivity index (χ0n) is 17.8. The van der Waals surface area contributed by atoms with Crippen LogP contribution < -0.4 is 10.2 Å². The van der Waals surface area contributed by atoms with Gasteiger partial charge in [0.05, 0.1) is 19.0 Å². The van der Waals surface area contributed by atoms with Crippen molar-refractivity contribution in [3.8, 4) is 0 Å². The monoisotopic (exact) mass is 438 g/mol. The minimum Gasteiger partial charge on any atom is -0.388 e. The molecule has 166 valence electrons. The van der Waals surface area contributed by atoms with Crippen LogP contribution in [0.25, 0.3) is 0 Å². The average molecular weight is 439 g/mol. The molecule has 9 heteroatoms. The predicted octanol–water partition coefficient (Wildman–Crippen LogP) is 2.89. The van der Waals surface area contributed by atoms with Crippen molar-refractivity contribution in [1.82, 2.24) is 5.32 Å². The number of allylic oxidation sites excluding steroid dienone is 1. The molecule has 0 saturated carbocycles. The minimum absolute atomic E-state index is 0.0743. The Morgan fingerprint density at radius 3 is 2.40 bits per heavy atom. The van der Waals surface area contributed by atoms with Crippen molar-refractivity contribution in [2.45, 2.75) is 52.2 Å². The van der Waals surface area contributed by atoms with Crippen LogP contribution in [0.15, 0.2) is 36.4 Å². The van der Waals surface area contributed by atoms with Crippen LogP contribution in [0.1, 0.15) is 51.7 Å². The fraction of sp³-hybridized carbons (Fsp3) is 0.524. The van der Waals surface area contributed by atoms with E-state index in [0.717, 1.165) is 12.7 Å². The highest BCUT2D eigenvalue weighted by Crippen LogP contribution is 2.34. The van der Waals surface area contributed by atoms with E-state index in [1.54, 1.807) is 36.4 Å². The van der Waals surface area contributed by atoms with Crippen molar-refractivity contribution in [3.05, 3.63) is 42.0 Å². The molecule has 8 nitrogen and oxygen atoms in total. The number of carbonyl (C=O) groups is 2. The molecule has 1 aromatic rings. The number of carbonyl (C=O) groups excluding carboxylic acids is 2. The first-order valence-electron chi connectivity index (χ1n) is 9.81. The van der Waals surface area contributed by atoms with Gasteiger partial charge in [-0.3, -0.25) is 19.2 Å². The molecule has 0 aromatic heterocycles. The van der Waals surface area contributed by atoms with E-state index in [4.69, 9.17) is 0 Å². The van der Waals surface area contributed by atoms with Crippen LogP contribution in [0.2, 0.25) is 0 Å². The zero-order chi connectivity index (χ0) is 22.5. The van der Waals surface area contributed by atoms with Crippen molar-refractivity contribution in [3.63, 3.8) is 0 Å².